The molecule has 0 aliphatic heterocycles. The first kappa shape index (κ1) is 15.4. The van der Waals surface area contributed by atoms with Crippen molar-refractivity contribution in [2.24, 2.45) is 0 Å². The molecule has 1 aromatic carbocycles. The van der Waals surface area contributed by atoms with Gasteiger partial charge in [-0.3, -0.25) is 4.21 Å². The number of aryl methyl sites for hydroxylation is 1. The van der Waals surface area contributed by atoms with E-state index in [0.717, 1.165) is 21.8 Å². The summed E-state index contributed by atoms with van der Waals surface area (Å²) in [5.41, 5.74) is 1.98. The van der Waals surface area contributed by atoms with E-state index in [1.165, 1.54) is 0 Å². The second-order valence-corrected chi connectivity index (χ2v) is 6.08. The maximum Gasteiger partial charge on any atom is 0.221 e. The molecule has 1 atom stereocenters. The molecule has 6 heteroatoms. The van der Waals surface area contributed by atoms with E-state index in [1.807, 2.05) is 38.1 Å². The summed E-state index contributed by atoms with van der Waals surface area (Å²) < 4.78 is 16.6. The molecule has 2 rings (SSSR count). The fourth-order valence-electron chi connectivity index (χ4n) is 1.96. The second-order valence-electron chi connectivity index (χ2n) is 4.71. The van der Waals surface area contributed by atoms with Gasteiger partial charge in [-0.15, -0.1) is 0 Å². The standard InChI is InChI=1S/C15H19N3O2S/c1-10-14(17-11(2)18-15(10)20-3)16-9-12-5-7-13(8-6-12)21(4)19/h5-8H,9H2,1-4H3,(H,16,17,18). The number of hydrogen-bond donors (Lipinski definition) is 1. The van der Waals surface area contributed by atoms with Crippen molar-refractivity contribution >= 4 is 16.6 Å². The molecule has 0 amide bonds. The Morgan fingerprint density at radius 2 is 1.86 bits per heavy atom. The Labute approximate surface area is 127 Å². The van der Waals surface area contributed by atoms with Gasteiger partial charge in [-0.05, 0) is 31.5 Å². The molecule has 1 aromatic heterocycles. The molecule has 0 aliphatic carbocycles. The number of methoxy groups -OCH3 is 1. The highest BCUT2D eigenvalue weighted by atomic mass is 32.2. The Kier molecular flexibility index (Phi) is 4.90. The number of rotatable bonds is 5. The van der Waals surface area contributed by atoms with Crippen LogP contribution >= 0.6 is 0 Å². The van der Waals surface area contributed by atoms with Crippen LogP contribution < -0.4 is 10.1 Å². The minimum atomic E-state index is -0.946. The Morgan fingerprint density at radius 3 is 2.43 bits per heavy atom. The predicted octanol–water partition coefficient (Wildman–Crippen LogP) is 2.45. The molecule has 1 unspecified atom stereocenters. The number of aromatic nitrogens is 2. The first-order chi connectivity index (χ1) is 10.0. The van der Waals surface area contributed by atoms with Crippen molar-refractivity contribution in [1.82, 2.24) is 9.97 Å². The average Bonchev–Trinajstić information content (AvgIpc) is 2.48. The fourth-order valence-corrected chi connectivity index (χ4v) is 2.48. The maximum absolute atomic E-state index is 11.4. The first-order valence-electron chi connectivity index (χ1n) is 6.56. The Morgan fingerprint density at radius 1 is 1.19 bits per heavy atom. The van der Waals surface area contributed by atoms with E-state index < -0.39 is 10.8 Å². The van der Waals surface area contributed by atoms with Crippen LogP contribution in [0.15, 0.2) is 29.2 Å². The van der Waals surface area contributed by atoms with Gasteiger partial charge in [-0.2, -0.15) is 4.98 Å². The summed E-state index contributed by atoms with van der Waals surface area (Å²) in [6.45, 7) is 4.39. The van der Waals surface area contributed by atoms with Crippen molar-refractivity contribution in [3.8, 4) is 5.88 Å². The number of hydrogen-bond acceptors (Lipinski definition) is 5. The lowest BCUT2D eigenvalue weighted by Crippen LogP contribution is -2.07. The molecule has 0 spiro atoms. The van der Waals surface area contributed by atoms with Crippen LogP contribution in [0.1, 0.15) is 17.0 Å². The van der Waals surface area contributed by atoms with Gasteiger partial charge in [0.25, 0.3) is 0 Å². The van der Waals surface area contributed by atoms with Gasteiger partial charge in [0.05, 0.1) is 12.7 Å². The zero-order chi connectivity index (χ0) is 15.4. The molecule has 1 N–H and O–H groups in total. The zero-order valence-corrected chi connectivity index (χ0v) is 13.5. The molecule has 0 radical (unpaired) electrons. The minimum Gasteiger partial charge on any atom is -0.481 e. The molecule has 5 nitrogen and oxygen atoms in total. The van der Waals surface area contributed by atoms with E-state index in [0.29, 0.717) is 18.2 Å². The van der Waals surface area contributed by atoms with Gasteiger partial charge in [0, 0.05) is 28.5 Å². The quantitative estimate of drug-likeness (QED) is 0.919. The van der Waals surface area contributed by atoms with Crippen LogP contribution in [0.2, 0.25) is 0 Å². The molecule has 1 heterocycles. The molecular formula is C15H19N3O2S. The number of anilines is 1. The molecule has 2 aromatic rings. The topological polar surface area (TPSA) is 64.1 Å². The number of nitrogens with one attached hydrogen (secondary N) is 1. The largest absolute Gasteiger partial charge is 0.481 e. The van der Waals surface area contributed by atoms with E-state index in [4.69, 9.17) is 4.74 Å². The van der Waals surface area contributed by atoms with E-state index in [-0.39, 0.29) is 0 Å². The van der Waals surface area contributed by atoms with Crippen LogP contribution in [0.5, 0.6) is 5.88 Å². The van der Waals surface area contributed by atoms with E-state index in [1.54, 1.807) is 13.4 Å². The van der Waals surface area contributed by atoms with Gasteiger partial charge in [0.15, 0.2) is 0 Å². The Balaban J connectivity index is 2.12. The molecule has 0 aliphatic rings. The van der Waals surface area contributed by atoms with Gasteiger partial charge in [0.1, 0.15) is 11.6 Å². The summed E-state index contributed by atoms with van der Waals surface area (Å²) in [7, 11) is 0.654. The number of benzene rings is 1. The van der Waals surface area contributed by atoms with Crippen LogP contribution in [0, 0.1) is 13.8 Å². The van der Waals surface area contributed by atoms with Gasteiger partial charge in [0.2, 0.25) is 5.88 Å². The molecule has 21 heavy (non-hydrogen) atoms. The normalized spacial score (nSPS) is 12.0. The van der Waals surface area contributed by atoms with Crippen LogP contribution in [0.4, 0.5) is 5.82 Å². The van der Waals surface area contributed by atoms with Crippen LogP contribution in [-0.4, -0.2) is 27.5 Å². The van der Waals surface area contributed by atoms with Crippen molar-refractivity contribution in [1.29, 1.82) is 0 Å². The van der Waals surface area contributed by atoms with E-state index in [2.05, 4.69) is 15.3 Å². The summed E-state index contributed by atoms with van der Waals surface area (Å²) in [4.78, 5) is 9.45. The summed E-state index contributed by atoms with van der Waals surface area (Å²) in [5.74, 6) is 2.01. The second kappa shape index (κ2) is 6.67. The van der Waals surface area contributed by atoms with Crippen LogP contribution in [-0.2, 0) is 17.3 Å². The van der Waals surface area contributed by atoms with Gasteiger partial charge < -0.3 is 10.1 Å². The van der Waals surface area contributed by atoms with Crippen molar-refractivity contribution in [2.75, 3.05) is 18.7 Å². The van der Waals surface area contributed by atoms with Crippen molar-refractivity contribution in [3.63, 3.8) is 0 Å². The number of ether oxygens (including phenoxy) is 1. The molecule has 0 saturated carbocycles. The summed E-state index contributed by atoms with van der Waals surface area (Å²) in [5, 5.41) is 3.29. The zero-order valence-electron chi connectivity index (χ0n) is 12.6. The Bertz CT molecular complexity index is 657. The first-order valence-corrected chi connectivity index (χ1v) is 8.12. The van der Waals surface area contributed by atoms with Gasteiger partial charge >= 0.3 is 0 Å². The highest BCUT2D eigenvalue weighted by Gasteiger charge is 2.09. The molecule has 112 valence electrons. The third-order valence-electron chi connectivity index (χ3n) is 3.12. The number of nitrogens with zero attached hydrogens (tertiary/aromatic N) is 2. The maximum atomic E-state index is 11.4. The molecular weight excluding hydrogens is 286 g/mol. The smallest absolute Gasteiger partial charge is 0.221 e. The van der Waals surface area contributed by atoms with Crippen molar-refractivity contribution in [3.05, 3.63) is 41.2 Å². The summed E-state index contributed by atoms with van der Waals surface area (Å²) >= 11 is 0. The lowest BCUT2D eigenvalue weighted by atomic mass is 10.2. The molecule has 0 fully saturated rings. The van der Waals surface area contributed by atoms with E-state index >= 15 is 0 Å². The Hall–Kier alpha value is -1.95. The third-order valence-corrected chi connectivity index (χ3v) is 4.06. The average molecular weight is 305 g/mol. The van der Waals surface area contributed by atoms with Gasteiger partial charge in [-0.25, -0.2) is 4.98 Å². The van der Waals surface area contributed by atoms with Crippen LogP contribution in [0.3, 0.4) is 0 Å². The van der Waals surface area contributed by atoms with Crippen molar-refractivity contribution < 1.29 is 8.95 Å². The lowest BCUT2D eigenvalue weighted by Gasteiger charge is -2.12. The van der Waals surface area contributed by atoms with E-state index in [9.17, 15) is 4.21 Å². The molecule has 0 bridgehead atoms. The fraction of sp³-hybridized carbons (Fsp3) is 0.333. The monoisotopic (exact) mass is 305 g/mol. The van der Waals surface area contributed by atoms with Crippen LogP contribution in [0.25, 0.3) is 0 Å². The lowest BCUT2D eigenvalue weighted by molar-refractivity contribution is 0.392. The minimum absolute atomic E-state index is 0.585. The van der Waals surface area contributed by atoms with Gasteiger partial charge in [-0.1, -0.05) is 12.1 Å². The van der Waals surface area contributed by atoms with Crippen molar-refractivity contribution in [2.45, 2.75) is 25.3 Å². The summed E-state index contributed by atoms with van der Waals surface area (Å²) in [6.07, 6.45) is 1.67. The molecule has 0 saturated heterocycles. The highest BCUT2D eigenvalue weighted by Crippen LogP contribution is 2.22. The SMILES string of the molecule is COc1nc(C)nc(NCc2ccc(S(C)=O)cc2)c1C. The highest BCUT2D eigenvalue weighted by molar-refractivity contribution is 7.84. The third kappa shape index (κ3) is 3.78. The summed E-state index contributed by atoms with van der Waals surface area (Å²) in [6, 6.07) is 7.69. The predicted molar refractivity (Wildman–Crippen MR) is 84.2 cm³/mol.